The molecule has 4 rings (SSSR count). The van der Waals surface area contributed by atoms with Crippen molar-refractivity contribution in [3.63, 3.8) is 0 Å². The van der Waals surface area contributed by atoms with Crippen molar-refractivity contribution in [2.24, 2.45) is 0 Å². The standard InChI is InChI=1S/C27H30N4O4S/c1-5-31(6-2)12-11-28-26(33)24-15(3)21(29-16(24)4)14-19-18-13-17(7-8-20(18)30-25(19)32)22-9-10-23(36-22)27(34)35/h7-10,13-14,29H,5-6,11-12H2,1-4H3,(H,28,33)(H,30,32)(H,34,35)/b19-14-. The normalized spacial score (nSPS) is 13.8. The predicted molar refractivity (Wildman–Crippen MR) is 144 cm³/mol. The molecule has 0 bridgehead atoms. The second kappa shape index (κ2) is 10.5. The molecule has 1 aliphatic heterocycles. The fourth-order valence-electron chi connectivity index (χ4n) is 4.45. The van der Waals surface area contributed by atoms with Crippen molar-refractivity contribution in [3.8, 4) is 10.4 Å². The van der Waals surface area contributed by atoms with Gasteiger partial charge in [0.2, 0.25) is 0 Å². The van der Waals surface area contributed by atoms with Crippen molar-refractivity contribution in [2.75, 3.05) is 31.5 Å². The summed E-state index contributed by atoms with van der Waals surface area (Å²) < 4.78 is 0. The first-order chi connectivity index (χ1) is 17.2. The lowest BCUT2D eigenvalue weighted by Gasteiger charge is -2.18. The number of amides is 2. The van der Waals surface area contributed by atoms with Crippen LogP contribution in [0.15, 0.2) is 30.3 Å². The average Bonchev–Trinajstić information content (AvgIpc) is 3.53. The molecule has 8 nitrogen and oxygen atoms in total. The molecule has 2 amide bonds. The minimum Gasteiger partial charge on any atom is -0.477 e. The number of hydrogen-bond acceptors (Lipinski definition) is 5. The molecule has 1 aliphatic rings. The molecule has 4 N–H and O–H groups in total. The van der Waals surface area contributed by atoms with Gasteiger partial charge < -0.3 is 25.6 Å². The molecule has 1 aromatic carbocycles. The monoisotopic (exact) mass is 506 g/mol. The maximum atomic E-state index is 12.9. The van der Waals surface area contributed by atoms with Gasteiger partial charge in [-0.15, -0.1) is 11.3 Å². The van der Waals surface area contributed by atoms with Crippen LogP contribution in [0.4, 0.5) is 5.69 Å². The van der Waals surface area contributed by atoms with Gasteiger partial charge in [0.05, 0.1) is 11.1 Å². The Bertz CT molecular complexity index is 1360. The highest BCUT2D eigenvalue weighted by molar-refractivity contribution is 7.17. The number of carbonyl (C=O) groups excluding carboxylic acids is 2. The summed E-state index contributed by atoms with van der Waals surface area (Å²) in [5.41, 5.74) is 5.57. The number of benzene rings is 1. The number of carboxylic acid groups (broad SMARTS) is 1. The van der Waals surface area contributed by atoms with Gasteiger partial charge in [0.15, 0.2) is 0 Å². The largest absolute Gasteiger partial charge is 0.477 e. The Morgan fingerprint density at radius 2 is 1.89 bits per heavy atom. The number of H-pyrrole nitrogens is 1. The van der Waals surface area contributed by atoms with E-state index in [0.717, 1.165) is 46.9 Å². The Balaban J connectivity index is 1.61. The van der Waals surface area contributed by atoms with Crippen LogP contribution in [-0.2, 0) is 4.79 Å². The van der Waals surface area contributed by atoms with Crippen molar-refractivity contribution in [2.45, 2.75) is 27.7 Å². The zero-order valence-corrected chi connectivity index (χ0v) is 21.6. The molecular weight excluding hydrogens is 476 g/mol. The number of fused-ring (bicyclic) bond motifs is 1. The van der Waals surface area contributed by atoms with Gasteiger partial charge in [-0.25, -0.2) is 4.79 Å². The molecule has 0 unspecified atom stereocenters. The number of nitrogens with zero attached hydrogens (tertiary/aromatic N) is 1. The third-order valence-corrected chi connectivity index (χ3v) is 7.63. The molecule has 0 saturated heterocycles. The lowest BCUT2D eigenvalue weighted by atomic mass is 10.0. The van der Waals surface area contributed by atoms with Gasteiger partial charge in [0.25, 0.3) is 11.8 Å². The predicted octanol–water partition coefficient (Wildman–Crippen LogP) is 4.62. The van der Waals surface area contributed by atoms with E-state index in [1.54, 1.807) is 18.2 Å². The molecule has 0 saturated carbocycles. The van der Waals surface area contributed by atoms with Gasteiger partial charge in [-0.1, -0.05) is 19.9 Å². The molecule has 0 atom stereocenters. The van der Waals surface area contributed by atoms with Crippen LogP contribution in [0.25, 0.3) is 22.1 Å². The van der Waals surface area contributed by atoms with E-state index in [1.807, 2.05) is 32.0 Å². The molecule has 2 aromatic heterocycles. The third-order valence-electron chi connectivity index (χ3n) is 6.50. The fraction of sp³-hybridized carbons (Fsp3) is 0.296. The number of nitrogens with one attached hydrogen (secondary N) is 3. The lowest BCUT2D eigenvalue weighted by molar-refractivity contribution is -0.110. The number of anilines is 1. The number of carbonyl (C=O) groups is 3. The number of carboxylic acids is 1. The molecule has 0 fully saturated rings. The van der Waals surface area contributed by atoms with Crippen molar-refractivity contribution in [1.29, 1.82) is 0 Å². The summed E-state index contributed by atoms with van der Waals surface area (Å²) in [6.07, 6.45) is 1.77. The molecule has 36 heavy (non-hydrogen) atoms. The topological polar surface area (TPSA) is 115 Å². The smallest absolute Gasteiger partial charge is 0.345 e. The molecular formula is C27H30N4O4S. The van der Waals surface area contributed by atoms with E-state index < -0.39 is 5.97 Å². The molecule has 0 spiro atoms. The molecule has 0 aliphatic carbocycles. The zero-order valence-electron chi connectivity index (χ0n) is 20.8. The van der Waals surface area contributed by atoms with E-state index in [2.05, 4.69) is 34.4 Å². The first kappa shape index (κ1) is 25.4. The number of aryl methyl sites for hydroxylation is 1. The zero-order chi connectivity index (χ0) is 26.0. The summed E-state index contributed by atoms with van der Waals surface area (Å²) in [4.78, 5) is 43.6. The van der Waals surface area contributed by atoms with E-state index in [-0.39, 0.29) is 16.7 Å². The van der Waals surface area contributed by atoms with Gasteiger partial charge >= 0.3 is 5.97 Å². The second-order valence-electron chi connectivity index (χ2n) is 8.69. The maximum absolute atomic E-state index is 12.9. The van der Waals surface area contributed by atoms with Crippen LogP contribution in [-0.4, -0.2) is 59.0 Å². The van der Waals surface area contributed by atoms with Gasteiger partial charge in [0.1, 0.15) is 4.88 Å². The molecule has 3 heterocycles. The van der Waals surface area contributed by atoms with Crippen molar-refractivity contribution in [3.05, 3.63) is 63.3 Å². The number of aromatic amines is 1. The van der Waals surface area contributed by atoms with E-state index >= 15 is 0 Å². The number of aromatic carboxylic acids is 1. The van der Waals surface area contributed by atoms with E-state index in [4.69, 9.17) is 0 Å². The van der Waals surface area contributed by atoms with Gasteiger partial charge in [-0.05, 0) is 68.4 Å². The van der Waals surface area contributed by atoms with Gasteiger partial charge in [-0.2, -0.15) is 0 Å². The minimum atomic E-state index is -0.963. The molecule has 9 heteroatoms. The summed E-state index contributed by atoms with van der Waals surface area (Å²) in [6.45, 7) is 11.1. The number of rotatable bonds is 9. The van der Waals surface area contributed by atoms with Crippen molar-refractivity contribution in [1.82, 2.24) is 15.2 Å². The first-order valence-electron chi connectivity index (χ1n) is 11.9. The molecule has 188 valence electrons. The number of likely N-dealkylation sites (N-methyl/N-ethyl adjacent to an activating group) is 1. The van der Waals surface area contributed by atoms with Crippen LogP contribution >= 0.6 is 11.3 Å². The van der Waals surface area contributed by atoms with E-state index in [0.29, 0.717) is 29.1 Å². The molecule has 3 aromatic rings. The molecule has 0 radical (unpaired) electrons. The second-order valence-corrected chi connectivity index (χ2v) is 9.77. The SMILES string of the molecule is CCN(CC)CCNC(=O)c1c(C)[nH]c(/C=C2\C(=O)Nc3ccc(-c4ccc(C(=O)O)s4)cc32)c1C. The Morgan fingerprint density at radius 1 is 1.14 bits per heavy atom. The lowest BCUT2D eigenvalue weighted by Crippen LogP contribution is -2.35. The fourth-order valence-corrected chi connectivity index (χ4v) is 5.29. The highest BCUT2D eigenvalue weighted by Crippen LogP contribution is 2.38. The maximum Gasteiger partial charge on any atom is 0.345 e. The Hall–Kier alpha value is -3.69. The third kappa shape index (κ3) is 4.98. The highest BCUT2D eigenvalue weighted by atomic mass is 32.1. The quantitative estimate of drug-likeness (QED) is 0.316. The average molecular weight is 507 g/mol. The van der Waals surface area contributed by atoms with Crippen LogP contribution < -0.4 is 10.6 Å². The van der Waals surface area contributed by atoms with Crippen molar-refractivity contribution >= 4 is 46.5 Å². The van der Waals surface area contributed by atoms with Crippen LogP contribution in [0, 0.1) is 13.8 Å². The van der Waals surface area contributed by atoms with Crippen LogP contribution in [0.1, 0.15) is 56.4 Å². The number of hydrogen-bond donors (Lipinski definition) is 4. The van der Waals surface area contributed by atoms with Crippen LogP contribution in [0.5, 0.6) is 0 Å². The van der Waals surface area contributed by atoms with Gasteiger partial charge in [0, 0.05) is 40.6 Å². The Morgan fingerprint density at radius 3 is 2.56 bits per heavy atom. The van der Waals surface area contributed by atoms with Crippen molar-refractivity contribution < 1.29 is 19.5 Å². The summed E-state index contributed by atoms with van der Waals surface area (Å²) in [6, 6.07) is 8.93. The summed E-state index contributed by atoms with van der Waals surface area (Å²) in [7, 11) is 0. The van der Waals surface area contributed by atoms with Gasteiger partial charge in [-0.3, -0.25) is 9.59 Å². The van der Waals surface area contributed by atoms with E-state index in [1.165, 1.54) is 11.3 Å². The van der Waals surface area contributed by atoms with Crippen LogP contribution in [0.2, 0.25) is 0 Å². The first-order valence-corrected chi connectivity index (χ1v) is 12.8. The van der Waals surface area contributed by atoms with Crippen LogP contribution in [0.3, 0.4) is 0 Å². The number of thiophene rings is 1. The van der Waals surface area contributed by atoms with E-state index in [9.17, 15) is 19.5 Å². The number of aromatic nitrogens is 1. The Kier molecular flexibility index (Phi) is 7.42. The minimum absolute atomic E-state index is 0.136. The highest BCUT2D eigenvalue weighted by Gasteiger charge is 2.26. The Labute approximate surface area is 214 Å². The summed E-state index contributed by atoms with van der Waals surface area (Å²) >= 11 is 1.19. The summed E-state index contributed by atoms with van der Waals surface area (Å²) in [5, 5.41) is 15.1. The summed E-state index contributed by atoms with van der Waals surface area (Å²) in [5.74, 6) is -1.32.